The van der Waals surface area contributed by atoms with Gasteiger partial charge < -0.3 is 29.9 Å². The number of rotatable bonds is 8. The predicted molar refractivity (Wildman–Crippen MR) is 183 cm³/mol. The highest BCUT2D eigenvalue weighted by molar-refractivity contribution is 6.04. The van der Waals surface area contributed by atoms with Crippen molar-refractivity contribution in [2.75, 3.05) is 37.7 Å². The molecule has 4 atom stereocenters. The first-order valence-electron chi connectivity index (χ1n) is 17.1. The maximum atomic E-state index is 17.3. The largest absolute Gasteiger partial charge is 0.508 e. The van der Waals surface area contributed by atoms with Gasteiger partial charge in [-0.05, 0) is 69.7 Å². The SMILES string of the molecule is C#Cc1c(F)ccc2cc(O)cc(-c3nc(OC(C)(C)C(=O)O)c4c(N5CC6CCC(C5)N6)nc(OC[C@@]56CCCN5C[C@H](F)C6)nc4c3F)c12. The second kappa shape index (κ2) is 12.1. The zero-order valence-electron chi connectivity index (χ0n) is 28.2. The maximum absolute atomic E-state index is 17.3. The number of phenols is 1. The van der Waals surface area contributed by atoms with Crippen molar-refractivity contribution in [3.63, 3.8) is 0 Å². The second-order valence-corrected chi connectivity index (χ2v) is 14.6. The third-order valence-corrected chi connectivity index (χ3v) is 10.8. The van der Waals surface area contributed by atoms with Crippen LogP contribution in [0, 0.1) is 24.0 Å². The number of carboxylic acid groups (broad SMARTS) is 1. The van der Waals surface area contributed by atoms with E-state index < -0.39 is 40.6 Å². The fourth-order valence-electron chi connectivity index (χ4n) is 8.30. The van der Waals surface area contributed by atoms with Gasteiger partial charge in [-0.25, -0.2) is 22.9 Å². The molecular formula is C37H37F3N6O5. The van der Waals surface area contributed by atoms with E-state index in [0.29, 0.717) is 31.4 Å². The number of ether oxygens (including phenoxy) is 2. The Morgan fingerprint density at radius 3 is 2.63 bits per heavy atom. The van der Waals surface area contributed by atoms with Crippen LogP contribution < -0.4 is 19.7 Å². The Morgan fingerprint density at radius 1 is 1.14 bits per heavy atom. The van der Waals surface area contributed by atoms with Crippen LogP contribution in [0.1, 0.15) is 51.5 Å². The van der Waals surface area contributed by atoms with Crippen molar-refractivity contribution in [1.29, 1.82) is 0 Å². The number of aromatic nitrogens is 3. The Balaban J connectivity index is 1.37. The molecule has 0 amide bonds. The van der Waals surface area contributed by atoms with Gasteiger partial charge in [0.1, 0.15) is 46.8 Å². The molecule has 2 unspecified atom stereocenters. The molecule has 14 heteroatoms. The van der Waals surface area contributed by atoms with Gasteiger partial charge in [0.25, 0.3) is 0 Å². The minimum Gasteiger partial charge on any atom is -0.508 e. The van der Waals surface area contributed by atoms with Gasteiger partial charge in [-0.2, -0.15) is 9.97 Å². The molecule has 0 aliphatic carbocycles. The highest BCUT2D eigenvalue weighted by Crippen LogP contribution is 2.44. The number of nitrogens with zero attached hydrogens (tertiary/aromatic N) is 5. The van der Waals surface area contributed by atoms with Gasteiger partial charge in [0, 0.05) is 49.1 Å². The molecule has 4 aliphatic rings. The van der Waals surface area contributed by atoms with Gasteiger partial charge in [-0.1, -0.05) is 12.0 Å². The molecule has 4 aromatic rings. The number of halogens is 3. The van der Waals surface area contributed by atoms with Crippen molar-refractivity contribution in [2.45, 2.75) is 75.3 Å². The summed E-state index contributed by atoms with van der Waals surface area (Å²) in [5.41, 5.74) is -3.31. The number of piperazine rings is 1. The molecule has 3 N–H and O–H groups in total. The third kappa shape index (κ3) is 5.63. The zero-order valence-corrected chi connectivity index (χ0v) is 28.2. The summed E-state index contributed by atoms with van der Waals surface area (Å²) in [5, 5.41) is 24.8. The maximum Gasteiger partial charge on any atom is 0.347 e. The number of pyridine rings is 1. The van der Waals surface area contributed by atoms with Crippen LogP contribution in [-0.2, 0) is 4.79 Å². The average Bonchev–Trinajstić information content (AvgIpc) is 3.74. The van der Waals surface area contributed by atoms with Gasteiger partial charge in [0.2, 0.25) is 11.5 Å². The lowest BCUT2D eigenvalue weighted by molar-refractivity contribution is -0.152. The van der Waals surface area contributed by atoms with Crippen molar-refractivity contribution in [2.24, 2.45) is 0 Å². The first kappa shape index (κ1) is 33.3. The summed E-state index contributed by atoms with van der Waals surface area (Å²) in [6, 6.07) is 5.25. The van der Waals surface area contributed by atoms with Crippen LogP contribution in [0.25, 0.3) is 32.9 Å². The lowest BCUT2D eigenvalue weighted by Gasteiger charge is -2.35. The standard InChI is InChI=1S/C37H37F3N6O5/c1-4-24-26(39)9-6-19-12-23(47)13-25(27(19)24)30-29(40)31-28(33(42-30)51-36(2,3)34(48)49)32(45-16-21-7-8-22(17-45)41-21)44-35(43-31)50-18-37-10-5-11-46(37)15-20(38)14-37/h1,6,9,12-13,20-22,41,47H,5,7-8,10-11,14-18H2,2-3H3,(H,48,49)/t20-,21?,22?,37+/m1/s1. The lowest BCUT2D eigenvalue weighted by atomic mass is 9.95. The van der Waals surface area contributed by atoms with E-state index in [1.807, 2.05) is 4.90 Å². The fraction of sp³-hybridized carbons (Fsp3) is 0.459. The quantitative estimate of drug-likeness (QED) is 0.216. The number of benzene rings is 2. The van der Waals surface area contributed by atoms with Crippen molar-refractivity contribution >= 4 is 33.5 Å². The molecule has 11 nitrogen and oxygen atoms in total. The number of phenolic OH excluding ortho intramolecular Hbond substituents is 1. The van der Waals surface area contributed by atoms with Crippen molar-refractivity contribution in [3.8, 4) is 41.2 Å². The molecule has 8 rings (SSSR count). The van der Waals surface area contributed by atoms with Crippen molar-refractivity contribution < 1.29 is 37.7 Å². The number of nitrogens with one attached hydrogen (secondary N) is 1. The topological polar surface area (TPSA) is 133 Å². The van der Waals surface area contributed by atoms with E-state index in [1.54, 1.807) is 0 Å². The first-order chi connectivity index (χ1) is 24.4. The number of anilines is 1. The van der Waals surface area contributed by atoms with Gasteiger partial charge >= 0.3 is 12.0 Å². The van der Waals surface area contributed by atoms with Crippen LogP contribution in [0.4, 0.5) is 19.0 Å². The highest BCUT2D eigenvalue weighted by Gasteiger charge is 2.49. The fourth-order valence-corrected chi connectivity index (χ4v) is 8.30. The Bertz CT molecular complexity index is 2130. The van der Waals surface area contributed by atoms with Crippen LogP contribution in [-0.4, -0.2) is 98.2 Å². The molecule has 4 aliphatic heterocycles. The summed E-state index contributed by atoms with van der Waals surface area (Å²) >= 11 is 0. The average molecular weight is 703 g/mol. The molecule has 2 aromatic carbocycles. The monoisotopic (exact) mass is 702 g/mol. The van der Waals surface area contributed by atoms with Crippen LogP contribution >= 0.6 is 0 Å². The molecule has 4 saturated heterocycles. The number of carboxylic acids is 1. The number of aliphatic carboxylic acids is 1. The van der Waals surface area contributed by atoms with E-state index in [9.17, 15) is 19.4 Å². The van der Waals surface area contributed by atoms with E-state index in [0.717, 1.165) is 38.3 Å². The summed E-state index contributed by atoms with van der Waals surface area (Å²) in [6.45, 7) is 4.83. The summed E-state index contributed by atoms with van der Waals surface area (Å²) in [4.78, 5) is 30.3. The molecule has 6 heterocycles. The first-order valence-corrected chi connectivity index (χ1v) is 17.1. The molecule has 4 fully saturated rings. The van der Waals surface area contributed by atoms with E-state index in [1.165, 1.54) is 32.0 Å². The number of carbonyl (C=O) groups is 1. The van der Waals surface area contributed by atoms with Crippen molar-refractivity contribution in [3.05, 3.63) is 41.5 Å². The number of hydrogen-bond donors (Lipinski definition) is 3. The number of aromatic hydroxyl groups is 1. The van der Waals surface area contributed by atoms with E-state index in [4.69, 9.17) is 20.9 Å². The Hall–Kier alpha value is -4.87. The van der Waals surface area contributed by atoms with E-state index in [-0.39, 0.29) is 69.6 Å². The van der Waals surface area contributed by atoms with Crippen LogP contribution in [0.15, 0.2) is 24.3 Å². The Morgan fingerprint density at radius 2 is 1.90 bits per heavy atom. The predicted octanol–water partition coefficient (Wildman–Crippen LogP) is 4.95. The van der Waals surface area contributed by atoms with Gasteiger partial charge in [-0.3, -0.25) is 4.90 Å². The summed E-state index contributed by atoms with van der Waals surface area (Å²) in [5.74, 6) is -1.00. The lowest BCUT2D eigenvalue weighted by Crippen LogP contribution is -2.51. The number of hydrogen-bond acceptors (Lipinski definition) is 10. The van der Waals surface area contributed by atoms with Crippen molar-refractivity contribution in [1.82, 2.24) is 25.2 Å². The Labute approximate surface area is 291 Å². The number of fused-ring (bicyclic) bond motifs is 5. The second-order valence-electron chi connectivity index (χ2n) is 14.6. The van der Waals surface area contributed by atoms with Gasteiger partial charge in [0.05, 0.1) is 11.1 Å². The van der Waals surface area contributed by atoms with E-state index >= 15 is 8.78 Å². The summed E-state index contributed by atoms with van der Waals surface area (Å²) < 4.78 is 59.4. The van der Waals surface area contributed by atoms with Gasteiger partial charge in [-0.15, -0.1) is 6.42 Å². The molecule has 2 bridgehead atoms. The molecular weight excluding hydrogens is 665 g/mol. The summed E-state index contributed by atoms with van der Waals surface area (Å²) in [7, 11) is 0. The normalized spacial score (nSPS) is 24.6. The smallest absolute Gasteiger partial charge is 0.347 e. The molecule has 0 saturated carbocycles. The highest BCUT2D eigenvalue weighted by atomic mass is 19.1. The van der Waals surface area contributed by atoms with Crippen LogP contribution in [0.5, 0.6) is 17.6 Å². The molecule has 0 spiro atoms. The molecule has 266 valence electrons. The molecule has 51 heavy (non-hydrogen) atoms. The Kier molecular flexibility index (Phi) is 7.91. The third-order valence-electron chi connectivity index (χ3n) is 10.8. The number of alkyl halides is 1. The zero-order chi connectivity index (χ0) is 35.8. The van der Waals surface area contributed by atoms with E-state index in [2.05, 4.69) is 26.1 Å². The van der Waals surface area contributed by atoms with Gasteiger partial charge in [0.15, 0.2) is 5.82 Å². The minimum absolute atomic E-state index is 0.0254. The van der Waals surface area contributed by atoms with Crippen LogP contribution in [0.3, 0.4) is 0 Å². The molecule has 2 aromatic heterocycles. The minimum atomic E-state index is -1.85. The summed E-state index contributed by atoms with van der Waals surface area (Å²) in [6.07, 6.45) is 8.53. The number of terminal acetylenes is 1. The van der Waals surface area contributed by atoms with Crippen LogP contribution in [0.2, 0.25) is 0 Å². The molecule has 0 radical (unpaired) electrons.